The van der Waals surface area contributed by atoms with E-state index in [1.165, 1.54) is 14.0 Å². The van der Waals surface area contributed by atoms with E-state index in [-0.39, 0.29) is 6.54 Å². The molecule has 1 aromatic carbocycles. The van der Waals surface area contributed by atoms with Crippen molar-refractivity contribution in [2.75, 3.05) is 25.1 Å². The van der Waals surface area contributed by atoms with Crippen molar-refractivity contribution >= 4 is 11.7 Å². The van der Waals surface area contributed by atoms with Gasteiger partial charge in [0, 0.05) is 12.2 Å². The van der Waals surface area contributed by atoms with Crippen LogP contribution < -0.4 is 4.90 Å². The van der Waals surface area contributed by atoms with Gasteiger partial charge in [0.05, 0.1) is 13.7 Å². The number of carbonyl (C=O) groups excluding carboxylic acids is 1. The molecule has 0 saturated carbocycles. The number of nitrogens with zero attached hydrogens (tertiary/aromatic N) is 1. The number of methoxy groups -OCH3 is 1. The summed E-state index contributed by atoms with van der Waals surface area (Å²) in [5.74, 6) is -0.617. The Labute approximate surface area is 108 Å². The summed E-state index contributed by atoms with van der Waals surface area (Å²) in [7, 11) is 1.28. The minimum atomic E-state index is -1.51. The largest absolute Gasteiger partial charge is 0.467 e. The molecule has 0 aromatic heterocycles. The first-order valence-electron chi connectivity index (χ1n) is 6.03. The summed E-state index contributed by atoms with van der Waals surface area (Å²) < 4.78 is 4.60. The van der Waals surface area contributed by atoms with Crippen LogP contribution in [0, 0.1) is 6.92 Å². The van der Waals surface area contributed by atoms with Gasteiger partial charge in [0.2, 0.25) is 0 Å². The van der Waals surface area contributed by atoms with E-state index >= 15 is 0 Å². The predicted molar refractivity (Wildman–Crippen MR) is 71.7 cm³/mol. The molecule has 0 spiro atoms. The Morgan fingerprint density at radius 1 is 1.50 bits per heavy atom. The maximum Gasteiger partial charge on any atom is 0.339 e. The minimum Gasteiger partial charge on any atom is -0.467 e. The second kappa shape index (κ2) is 5.87. The molecule has 18 heavy (non-hydrogen) atoms. The SMILES string of the molecule is CCN(CC(C)(O)C(=O)OC)c1cccc(C)c1. The molecule has 0 bridgehead atoms. The molecule has 0 aliphatic carbocycles. The van der Waals surface area contributed by atoms with E-state index in [9.17, 15) is 9.90 Å². The first-order chi connectivity index (χ1) is 8.40. The molecule has 0 aliphatic heterocycles. The lowest BCUT2D eigenvalue weighted by atomic mass is 10.1. The molecule has 0 aliphatic rings. The molecule has 1 N–H and O–H groups in total. The molecule has 4 heteroatoms. The average Bonchev–Trinajstić information content (AvgIpc) is 2.34. The molecule has 1 aromatic rings. The lowest BCUT2D eigenvalue weighted by Gasteiger charge is -2.30. The summed E-state index contributed by atoms with van der Waals surface area (Å²) in [5, 5.41) is 10.1. The predicted octanol–water partition coefficient (Wildman–Crippen LogP) is 1.75. The minimum absolute atomic E-state index is 0.208. The van der Waals surface area contributed by atoms with Crippen molar-refractivity contribution in [1.29, 1.82) is 0 Å². The fourth-order valence-electron chi connectivity index (χ4n) is 1.87. The van der Waals surface area contributed by atoms with E-state index in [2.05, 4.69) is 4.74 Å². The molecule has 1 atom stereocenters. The molecular formula is C14H21NO3. The number of benzene rings is 1. The topological polar surface area (TPSA) is 49.8 Å². The molecule has 0 heterocycles. The van der Waals surface area contributed by atoms with E-state index in [0.717, 1.165) is 11.3 Å². The third-order valence-corrected chi connectivity index (χ3v) is 2.87. The third-order valence-electron chi connectivity index (χ3n) is 2.87. The van der Waals surface area contributed by atoms with Gasteiger partial charge < -0.3 is 14.7 Å². The molecule has 0 fully saturated rings. The zero-order chi connectivity index (χ0) is 13.8. The van der Waals surface area contributed by atoms with Crippen LogP contribution in [0.15, 0.2) is 24.3 Å². The Balaban J connectivity index is 2.89. The van der Waals surface area contributed by atoms with Crippen LogP contribution >= 0.6 is 0 Å². The van der Waals surface area contributed by atoms with Gasteiger partial charge in [0.1, 0.15) is 0 Å². The zero-order valence-corrected chi connectivity index (χ0v) is 11.4. The number of anilines is 1. The van der Waals surface area contributed by atoms with E-state index in [4.69, 9.17) is 0 Å². The molecule has 1 rings (SSSR count). The van der Waals surface area contributed by atoms with Crippen LogP contribution in [0.4, 0.5) is 5.69 Å². The van der Waals surface area contributed by atoms with E-state index < -0.39 is 11.6 Å². The maximum absolute atomic E-state index is 11.5. The molecule has 4 nitrogen and oxygen atoms in total. The second-order valence-electron chi connectivity index (χ2n) is 4.62. The van der Waals surface area contributed by atoms with Crippen molar-refractivity contribution in [3.8, 4) is 0 Å². The van der Waals surface area contributed by atoms with E-state index in [1.807, 2.05) is 43.0 Å². The number of aryl methyl sites for hydroxylation is 1. The number of ether oxygens (including phenoxy) is 1. The zero-order valence-electron chi connectivity index (χ0n) is 11.4. The summed E-state index contributed by atoms with van der Waals surface area (Å²) in [6, 6.07) is 7.96. The first kappa shape index (κ1) is 14.5. The highest BCUT2D eigenvalue weighted by Gasteiger charge is 2.33. The molecule has 0 saturated heterocycles. The molecule has 1 unspecified atom stereocenters. The quantitative estimate of drug-likeness (QED) is 0.810. The van der Waals surface area contributed by atoms with Crippen molar-refractivity contribution in [3.05, 3.63) is 29.8 Å². The highest BCUT2D eigenvalue weighted by Crippen LogP contribution is 2.19. The summed E-state index contributed by atoms with van der Waals surface area (Å²) in [6.07, 6.45) is 0. The van der Waals surface area contributed by atoms with Crippen LogP contribution in [0.1, 0.15) is 19.4 Å². The Morgan fingerprint density at radius 3 is 2.67 bits per heavy atom. The van der Waals surface area contributed by atoms with Crippen LogP contribution in [-0.4, -0.2) is 36.9 Å². The molecule has 0 radical (unpaired) electrons. The highest BCUT2D eigenvalue weighted by molar-refractivity contribution is 5.79. The smallest absolute Gasteiger partial charge is 0.339 e. The van der Waals surface area contributed by atoms with Crippen LogP contribution in [0.2, 0.25) is 0 Å². The summed E-state index contributed by atoms with van der Waals surface area (Å²) >= 11 is 0. The van der Waals surface area contributed by atoms with Gasteiger partial charge >= 0.3 is 5.97 Å². The third kappa shape index (κ3) is 3.47. The Hall–Kier alpha value is -1.55. The highest BCUT2D eigenvalue weighted by atomic mass is 16.5. The normalized spacial score (nSPS) is 13.8. The van der Waals surface area contributed by atoms with Gasteiger partial charge in [-0.3, -0.25) is 0 Å². The lowest BCUT2D eigenvalue weighted by molar-refractivity contribution is -0.159. The van der Waals surface area contributed by atoms with Gasteiger partial charge in [-0.25, -0.2) is 4.79 Å². The van der Waals surface area contributed by atoms with Crippen molar-refractivity contribution in [2.24, 2.45) is 0 Å². The number of hydrogen-bond donors (Lipinski definition) is 1. The number of rotatable bonds is 5. The second-order valence-corrected chi connectivity index (χ2v) is 4.62. The molecular weight excluding hydrogens is 230 g/mol. The van der Waals surface area contributed by atoms with Crippen molar-refractivity contribution in [1.82, 2.24) is 0 Å². The van der Waals surface area contributed by atoms with E-state index in [0.29, 0.717) is 6.54 Å². The Bertz CT molecular complexity index is 415. The van der Waals surface area contributed by atoms with E-state index in [1.54, 1.807) is 0 Å². The Kier molecular flexibility index (Phi) is 4.73. The van der Waals surface area contributed by atoms with Crippen molar-refractivity contribution < 1.29 is 14.6 Å². The number of aliphatic hydroxyl groups is 1. The lowest BCUT2D eigenvalue weighted by Crippen LogP contribution is -2.47. The number of carbonyl (C=O) groups is 1. The van der Waals surface area contributed by atoms with Gasteiger partial charge in [0.25, 0.3) is 0 Å². The van der Waals surface area contributed by atoms with Crippen molar-refractivity contribution in [2.45, 2.75) is 26.4 Å². The Morgan fingerprint density at radius 2 is 2.17 bits per heavy atom. The number of esters is 1. The summed E-state index contributed by atoms with van der Waals surface area (Å²) in [4.78, 5) is 13.4. The first-order valence-corrected chi connectivity index (χ1v) is 6.03. The van der Waals surface area contributed by atoms with Gasteiger partial charge in [-0.2, -0.15) is 0 Å². The van der Waals surface area contributed by atoms with Crippen LogP contribution in [0.5, 0.6) is 0 Å². The maximum atomic E-state index is 11.5. The number of likely N-dealkylation sites (N-methyl/N-ethyl adjacent to an activating group) is 1. The van der Waals surface area contributed by atoms with Gasteiger partial charge in [-0.1, -0.05) is 12.1 Å². The van der Waals surface area contributed by atoms with Gasteiger partial charge in [-0.15, -0.1) is 0 Å². The van der Waals surface area contributed by atoms with Crippen LogP contribution in [-0.2, 0) is 9.53 Å². The van der Waals surface area contributed by atoms with Gasteiger partial charge in [-0.05, 0) is 38.5 Å². The average molecular weight is 251 g/mol. The van der Waals surface area contributed by atoms with Crippen LogP contribution in [0.3, 0.4) is 0 Å². The molecule has 0 amide bonds. The standard InChI is InChI=1S/C14H21NO3/c1-5-15(10-14(3,17)13(16)18-4)12-8-6-7-11(2)9-12/h6-9,17H,5,10H2,1-4H3. The molecule has 100 valence electrons. The van der Waals surface area contributed by atoms with Gasteiger partial charge in [0.15, 0.2) is 5.60 Å². The van der Waals surface area contributed by atoms with Crippen LogP contribution in [0.25, 0.3) is 0 Å². The summed E-state index contributed by atoms with van der Waals surface area (Å²) in [6.45, 7) is 6.37. The summed E-state index contributed by atoms with van der Waals surface area (Å²) in [5.41, 5.74) is 0.624. The fourth-order valence-corrected chi connectivity index (χ4v) is 1.87. The van der Waals surface area contributed by atoms with Crippen molar-refractivity contribution in [3.63, 3.8) is 0 Å². The monoisotopic (exact) mass is 251 g/mol. The fraction of sp³-hybridized carbons (Fsp3) is 0.500. The number of hydrogen-bond acceptors (Lipinski definition) is 4.